The van der Waals surface area contributed by atoms with Gasteiger partial charge >= 0.3 is 0 Å². The molecule has 0 aliphatic heterocycles. The molecule has 0 aliphatic rings. The topological polar surface area (TPSA) is 41.1 Å². The second-order valence-electron chi connectivity index (χ2n) is 3.06. The average molecular weight is 184 g/mol. The van der Waals surface area contributed by atoms with E-state index in [2.05, 4.69) is 17.8 Å². The van der Waals surface area contributed by atoms with E-state index in [0.29, 0.717) is 0 Å². The highest BCUT2D eigenvalue weighted by molar-refractivity contribution is 5.92. The van der Waals surface area contributed by atoms with E-state index in [0.717, 1.165) is 18.5 Å². The van der Waals surface area contributed by atoms with Crippen molar-refractivity contribution >= 4 is 5.91 Å². The Balaban J connectivity index is 3.38. The molecule has 2 N–H and O–H groups in total. The molecule has 0 aromatic carbocycles. The summed E-state index contributed by atoms with van der Waals surface area (Å²) in [6, 6.07) is 0. The molecule has 0 rings (SSSR count). The van der Waals surface area contributed by atoms with Crippen LogP contribution < -0.4 is 10.9 Å². The minimum Gasteiger partial charge on any atom is -0.288 e. The van der Waals surface area contributed by atoms with Gasteiger partial charge in [-0.25, -0.2) is 5.43 Å². The van der Waals surface area contributed by atoms with E-state index in [-0.39, 0.29) is 5.91 Å². The second kappa shape index (κ2) is 7.80. The van der Waals surface area contributed by atoms with E-state index in [4.69, 9.17) is 0 Å². The molecule has 0 fully saturated rings. The highest BCUT2D eigenvalue weighted by Crippen LogP contribution is 1.91. The Morgan fingerprint density at radius 1 is 1.38 bits per heavy atom. The Morgan fingerprint density at radius 3 is 2.62 bits per heavy atom. The summed E-state index contributed by atoms with van der Waals surface area (Å²) in [5.74, 6) is -0.0426. The van der Waals surface area contributed by atoms with Gasteiger partial charge in [0.2, 0.25) is 0 Å². The maximum atomic E-state index is 11.2. The maximum Gasteiger partial charge on any atom is 0.260 e. The van der Waals surface area contributed by atoms with Crippen molar-refractivity contribution in [2.45, 2.75) is 40.0 Å². The zero-order valence-corrected chi connectivity index (χ0v) is 8.81. The lowest BCUT2D eigenvalue weighted by molar-refractivity contribution is -0.118. The molecule has 0 aliphatic carbocycles. The molecule has 0 radical (unpaired) electrons. The van der Waals surface area contributed by atoms with Crippen molar-refractivity contribution in [3.05, 3.63) is 11.6 Å². The molecule has 3 nitrogen and oxygen atoms in total. The number of carbonyl (C=O) groups is 1. The van der Waals surface area contributed by atoms with Crippen LogP contribution in [0.5, 0.6) is 0 Å². The van der Waals surface area contributed by atoms with Gasteiger partial charge < -0.3 is 0 Å². The van der Waals surface area contributed by atoms with E-state index < -0.39 is 0 Å². The lowest BCUT2D eigenvalue weighted by Crippen LogP contribution is -2.38. The smallest absolute Gasteiger partial charge is 0.260 e. The summed E-state index contributed by atoms with van der Waals surface area (Å²) in [6.45, 7) is 6.65. The number of nitrogens with one attached hydrogen (secondary N) is 2. The lowest BCUT2D eigenvalue weighted by atomic mass is 10.2. The van der Waals surface area contributed by atoms with Crippen LogP contribution in [0.2, 0.25) is 0 Å². The van der Waals surface area contributed by atoms with Crippen molar-refractivity contribution in [3.63, 3.8) is 0 Å². The van der Waals surface area contributed by atoms with Gasteiger partial charge in [0, 0.05) is 12.1 Å². The molecule has 0 saturated carbocycles. The van der Waals surface area contributed by atoms with Gasteiger partial charge in [-0.15, -0.1) is 0 Å². The molecule has 0 bridgehead atoms. The molecule has 0 unspecified atom stereocenters. The third kappa shape index (κ3) is 6.34. The van der Waals surface area contributed by atoms with Gasteiger partial charge in [0.1, 0.15) is 0 Å². The van der Waals surface area contributed by atoms with Crippen LogP contribution in [0.1, 0.15) is 40.0 Å². The Kier molecular flexibility index (Phi) is 7.30. The van der Waals surface area contributed by atoms with Crippen LogP contribution in [0, 0.1) is 0 Å². The Bertz CT molecular complexity index is 176. The number of unbranched alkanes of at least 4 members (excludes halogenated alkanes) is 2. The van der Waals surface area contributed by atoms with Gasteiger partial charge in [0.25, 0.3) is 5.91 Å². The number of carbonyl (C=O) groups excluding carboxylic acids is 1. The van der Waals surface area contributed by atoms with E-state index in [1.807, 2.05) is 6.92 Å². The van der Waals surface area contributed by atoms with E-state index >= 15 is 0 Å². The molecule has 0 saturated heterocycles. The van der Waals surface area contributed by atoms with E-state index in [1.165, 1.54) is 12.8 Å². The largest absolute Gasteiger partial charge is 0.288 e. The Morgan fingerprint density at radius 2 is 2.08 bits per heavy atom. The SMILES string of the molecule is CC=C(C)C(=O)NNCCCCC. The summed E-state index contributed by atoms with van der Waals surface area (Å²) < 4.78 is 0. The molecule has 76 valence electrons. The van der Waals surface area contributed by atoms with E-state index in [1.54, 1.807) is 13.0 Å². The molecule has 0 aromatic heterocycles. The molecular formula is C10H20N2O. The molecule has 3 heteroatoms. The summed E-state index contributed by atoms with van der Waals surface area (Å²) in [5.41, 5.74) is 6.27. The van der Waals surface area contributed by atoms with Crippen LogP contribution >= 0.6 is 0 Å². The number of allylic oxidation sites excluding steroid dienone is 1. The quantitative estimate of drug-likeness (QED) is 0.375. The number of hydrazine groups is 1. The summed E-state index contributed by atoms with van der Waals surface area (Å²) >= 11 is 0. The summed E-state index contributed by atoms with van der Waals surface area (Å²) in [4.78, 5) is 11.2. The van der Waals surface area contributed by atoms with Crippen LogP contribution in [0.4, 0.5) is 0 Å². The first-order chi connectivity index (χ1) is 6.22. The molecular weight excluding hydrogens is 164 g/mol. The van der Waals surface area contributed by atoms with Crippen LogP contribution in [-0.2, 0) is 4.79 Å². The van der Waals surface area contributed by atoms with E-state index in [9.17, 15) is 4.79 Å². The second-order valence-corrected chi connectivity index (χ2v) is 3.06. The zero-order chi connectivity index (χ0) is 10.1. The predicted octanol–water partition coefficient (Wildman–Crippen LogP) is 1.76. The third-order valence-corrected chi connectivity index (χ3v) is 1.90. The van der Waals surface area contributed by atoms with Crippen LogP contribution in [0.3, 0.4) is 0 Å². The van der Waals surface area contributed by atoms with Gasteiger partial charge in [0.05, 0.1) is 0 Å². The van der Waals surface area contributed by atoms with Crippen molar-refractivity contribution in [1.82, 2.24) is 10.9 Å². The van der Waals surface area contributed by atoms with Crippen molar-refractivity contribution < 1.29 is 4.79 Å². The molecule has 0 spiro atoms. The van der Waals surface area contributed by atoms with Gasteiger partial charge in [-0.2, -0.15) is 0 Å². The molecule has 0 atom stereocenters. The highest BCUT2D eigenvalue weighted by atomic mass is 16.2. The Labute approximate surface area is 80.6 Å². The van der Waals surface area contributed by atoms with Gasteiger partial charge in [-0.1, -0.05) is 25.8 Å². The van der Waals surface area contributed by atoms with Crippen molar-refractivity contribution in [1.29, 1.82) is 0 Å². The number of hydrogen-bond acceptors (Lipinski definition) is 2. The average Bonchev–Trinajstić information content (AvgIpc) is 2.16. The third-order valence-electron chi connectivity index (χ3n) is 1.90. The summed E-state index contributed by atoms with van der Waals surface area (Å²) in [6.07, 6.45) is 5.30. The highest BCUT2D eigenvalue weighted by Gasteiger charge is 1.99. The van der Waals surface area contributed by atoms with Gasteiger partial charge in [-0.3, -0.25) is 10.2 Å². The monoisotopic (exact) mass is 184 g/mol. The van der Waals surface area contributed by atoms with Crippen LogP contribution in [0.15, 0.2) is 11.6 Å². The number of amides is 1. The Hall–Kier alpha value is -0.830. The minimum absolute atomic E-state index is 0.0426. The van der Waals surface area contributed by atoms with Gasteiger partial charge in [-0.05, 0) is 20.3 Å². The fourth-order valence-electron chi connectivity index (χ4n) is 0.836. The first-order valence-electron chi connectivity index (χ1n) is 4.88. The fraction of sp³-hybridized carbons (Fsp3) is 0.700. The first kappa shape index (κ1) is 12.2. The van der Waals surface area contributed by atoms with Crippen molar-refractivity contribution in [3.8, 4) is 0 Å². The molecule has 1 amide bonds. The van der Waals surface area contributed by atoms with Crippen LogP contribution in [-0.4, -0.2) is 12.5 Å². The molecule has 0 aromatic rings. The normalized spacial score (nSPS) is 11.5. The number of rotatable bonds is 6. The molecule has 0 heterocycles. The summed E-state index contributed by atoms with van der Waals surface area (Å²) in [7, 11) is 0. The zero-order valence-electron chi connectivity index (χ0n) is 8.81. The molecule has 13 heavy (non-hydrogen) atoms. The predicted molar refractivity (Wildman–Crippen MR) is 55.1 cm³/mol. The lowest BCUT2D eigenvalue weighted by Gasteiger charge is -2.06. The first-order valence-corrected chi connectivity index (χ1v) is 4.88. The van der Waals surface area contributed by atoms with Gasteiger partial charge in [0.15, 0.2) is 0 Å². The van der Waals surface area contributed by atoms with Crippen LogP contribution in [0.25, 0.3) is 0 Å². The standard InChI is InChI=1S/C10H20N2O/c1-4-6-7-8-11-12-10(13)9(3)5-2/h5,11H,4,6-8H2,1-3H3,(H,12,13). The fourth-order valence-corrected chi connectivity index (χ4v) is 0.836. The minimum atomic E-state index is -0.0426. The van der Waals surface area contributed by atoms with Crippen molar-refractivity contribution in [2.24, 2.45) is 0 Å². The summed E-state index contributed by atoms with van der Waals surface area (Å²) in [5, 5.41) is 0. The number of hydrogen-bond donors (Lipinski definition) is 2. The maximum absolute atomic E-state index is 11.2. The van der Waals surface area contributed by atoms with Crippen molar-refractivity contribution in [2.75, 3.05) is 6.54 Å².